The minimum atomic E-state index is -1.02. The molecule has 2 rings (SSSR count). The van der Waals surface area contributed by atoms with Gasteiger partial charge in [-0.15, -0.1) is 0 Å². The molecule has 2 amide bonds. The van der Waals surface area contributed by atoms with E-state index in [1.165, 1.54) is 23.1 Å². The zero-order valence-electron chi connectivity index (χ0n) is 10.3. The molecule has 2 N–H and O–H groups in total. The third-order valence-electron chi connectivity index (χ3n) is 3.19. The van der Waals surface area contributed by atoms with E-state index in [1.807, 2.05) is 0 Å². The maximum atomic E-state index is 13.4. The first-order chi connectivity index (χ1) is 9.08. The van der Waals surface area contributed by atoms with E-state index in [0.717, 1.165) is 0 Å². The Balaban J connectivity index is 2.00. The summed E-state index contributed by atoms with van der Waals surface area (Å²) in [6.07, 6.45) is 0.231. The smallest absolute Gasteiger partial charge is 0.407 e. The number of nitrogens with zero attached hydrogens (tertiary/aromatic N) is 1. The van der Waals surface area contributed by atoms with Crippen LogP contribution in [0, 0.1) is 11.7 Å². The van der Waals surface area contributed by atoms with Gasteiger partial charge in [-0.3, -0.25) is 4.79 Å². The van der Waals surface area contributed by atoms with Crippen LogP contribution in [0.2, 0.25) is 0 Å². The number of amides is 2. The van der Waals surface area contributed by atoms with Gasteiger partial charge < -0.3 is 15.3 Å². The van der Waals surface area contributed by atoms with Crippen LogP contribution in [0.15, 0.2) is 24.3 Å². The number of carboxylic acid groups (broad SMARTS) is 1. The van der Waals surface area contributed by atoms with Gasteiger partial charge in [0, 0.05) is 13.1 Å². The molecule has 1 fully saturated rings. The fraction of sp³-hybridized carbons (Fsp3) is 0.385. The van der Waals surface area contributed by atoms with Crippen molar-refractivity contribution in [3.05, 3.63) is 30.1 Å². The third kappa shape index (κ3) is 3.21. The number of carbonyl (C=O) groups is 2. The molecule has 1 unspecified atom stereocenters. The highest BCUT2D eigenvalue weighted by Crippen LogP contribution is 2.20. The Morgan fingerprint density at radius 3 is 2.79 bits per heavy atom. The van der Waals surface area contributed by atoms with Gasteiger partial charge in [-0.2, -0.15) is 0 Å². The average molecular weight is 266 g/mol. The standard InChI is InChI=1S/C13H15FN2O3/c14-10-5-1-2-6-11(10)15-12(17)9-4-3-7-16(8-9)13(18)19/h1-2,5-6,9H,3-4,7-8H2,(H,15,17)(H,18,19). The molecule has 0 bridgehead atoms. The van der Waals surface area contributed by atoms with Gasteiger partial charge in [0.05, 0.1) is 11.6 Å². The van der Waals surface area contributed by atoms with E-state index in [9.17, 15) is 14.0 Å². The number of piperidine rings is 1. The van der Waals surface area contributed by atoms with Crippen molar-refractivity contribution in [2.75, 3.05) is 18.4 Å². The van der Waals surface area contributed by atoms with E-state index >= 15 is 0 Å². The van der Waals surface area contributed by atoms with E-state index in [0.29, 0.717) is 19.4 Å². The van der Waals surface area contributed by atoms with Crippen molar-refractivity contribution < 1.29 is 19.1 Å². The van der Waals surface area contributed by atoms with Gasteiger partial charge >= 0.3 is 6.09 Å². The van der Waals surface area contributed by atoms with Crippen LogP contribution in [0.1, 0.15) is 12.8 Å². The third-order valence-corrected chi connectivity index (χ3v) is 3.19. The summed E-state index contributed by atoms with van der Waals surface area (Å²) >= 11 is 0. The van der Waals surface area contributed by atoms with Crippen LogP contribution in [0.5, 0.6) is 0 Å². The molecule has 0 spiro atoms. The van der Waals surface area contributed by atoms with Gasteiger partial charge in [0.2, 0.25) is 5.91 Å². The predicted octanol–water partition coefficient (Wildman–Crippen LogP) is 2.15. The van der Waals surface area contributed by atoms with E-state index < -0.39 is 17.8 Å². The summed E-state index contributed by atoms with van der Waals surface area (Å²) < 4.78 is 13.4. The molecule has 1 aromatic rings. The normalized spacial score (nSPS) is 19.0. The summed E-state index contributed by atoms with van der Waals surface area (Å²) in [5, 5.41) is 11.4. The first-order valence-corrected chi connectivity index (χ1v) is 6.11. The molecule has 0 aliphatic carbocycles. The topological polar surface area (TPSA) is 69.6 Å². The molecule has 0 saturated carbocycles. The van der Waals surface area contributed by atoms with Crippen molar-refractivity contribution in [2.45, 2.75) is 12.8 Å². The molecule has 1 atom stereocenters. The number of halogens is 1. The van der Waals surface area contributed by atoms with E-state index in [2.05, 4.69) is 5.32 Å². The molecule has 1 aliphatic rings. The Bertz CT molecular complexity index is 493. The Hall–Kier alpha value is -2.11. The predicted molar refractivity (Wildman–Crippen MR) is 67.4 cm³/mol. The van der Waals surface area contributed by atoms with E-state index in [1.54, 1.807) is 6.07 Å². The zero-order valence-corrected chi connectivity index (χ0v) is 10.3. The molecule has 5 nitrogen and oxygen atoms in total. The number of nitrogens with one attached hydrogen (secondary N) is 1. The van der Waals surface area contributed by atoms with Crippen molar-refractivity contribution in [3.8, 4) is 0 Å². The lowest BCUT2D eigenvalue weighted by molar-refractivity contribution is -0.121. The van der Waals surface area contributed by atoms with Gasteiger partial charge in [-0.25, -0.2) is 9.18 Å². The van der Waals surface area contributed by atoms with Crippen LogP contribution in [-0.2, 0) is 4.79 Å². The second kappa shape index (κ2) is 5.69. The molecule has 0 aromatic heterocycles. The number of anilines is 1. The van der Waals surface area contributed by atoms with E-state index in [4.69, 9.17) is 5.11 Å². The Kier molecular flexibility index (Phi) is 3.99. The molecule has 0 radical (unpaired) electrons. The Labute approximate surface area is 110 Å². The first-order valence-electron chi connectivity index (χ1n) is 6.11. The van der Waals surface area contributed by atoms with Gasteiger partial charge in [-0.05, 0) is 25.0 Å². The number of hydrogen-bond acceptors (Lipinski definition) is 2. The summed E-state index contributed by atoms with van der Waals surface area (Å²) in [5.41, 5.74) is 0.125. The van der Waals surface area contributed by atoms with Gasteiger partial charge in [-0.1, -0.05) is 12.1 Å². The van der Waals surface area contributed by atoms with Crippen molar-refractivity contribution in [1.82, 2.24) is 4.90 Å². The van der Waals surface area contributed by atoms with Crippen LogP contribution >= 0.6 is 0 Å². The second-order valence-electron chi connectivity index (χ2n) is 4.54. The number of carbonyl (C=O) groups excluding carboxylic acids is 1. The molecular formula is C13H15FN2O3. The highest BCUT2D eigenvalue weighted by Gasteiger charge is 2.28. The molecule has 6 heteroatoms. The molecular weight excluding hydrogens is 251 g/mol. The number of hydrogen-bond donors (Lipinski definition) is 2. The summed E-state index contributed by atoms with van der Waals surface area (Å²) in [4.78, 5) is 24.1. The van der Waals surface area contributed by atoms with Gasteiger partial charge in [0.25, 0.3) is 0 Å². The highest BCUT2D eigenvalue weighted by molar-refractivity contribution is 5.93. The maximum absolute atomic E-state index is 13.4. The molecule has 102 valence electrons. The quantitative estimate of drug-likeness (QED) is 0.861. The molecule has 1 heterocycles. The lowest BCUT2D eigenvalue weighted by Gasteiger charge is -2.29. The lowest BCUT2D eigenvalue weighted by Crippen LogP contribution is -2.43. The minimum Gasteiger partial charge on any atom is -0.465 e. The average Bonchev–Trinajstić information content (AvgIpc) is 2.41. The largest absolute Gasteiger partial charge is 0.465 e. The monoisotopic (exact) mass is 266 g/mol. The summed E-state index contributed by atoms with van der Waals surface area (Å²) in [7, 11) is 0. The second-order valence-corrected chi connectivity index (χ2v) is 4.54. The zero-order chi connectivity index (χ0) is 13.8. The van der Waals surface area contributed by atoms with Crippen LogP contribution < -0.4 is 5.32 Å². The first kappa shape index (κ1) is 13.3. The van der Waals surface area contributed by atoms with Crippen molar-refractivity contribution in [1.29, 1.82) is 0 Å². The molecule has 1 saturated heterocycles. The number of para-hydroxylation sites is 1. The number of rotatable bonds is 2. The van der Waals surface area contributed by atoms with Crippen LogP contribution in [0.25, 0.3) is 0 Å². The molecule has 1 aliphatic heterocycles. The van der Waals surface area contributed by atoms with E-state index in [-0.39, 0.29) is 18.1 Å². The summed E-state index contributed by atoms with van der Waals surface area (Å²) in [6.45, 7) is 0.606. The number of likely N-dealkylation sites (tertiary alicyclic amines) is 1. The van der Waals surface area contributed by atoms with Crippen molar-refractivity contribution in [3.63, 3.8) is 0 Å². The van der Waals surface area contributed by atoms with Gasteiger partial charge in [0.1, 0.15) is 5.82 Å². The lowest BCUT2D eigenvalue weighted by atomic mass is 9.97. The molecule has 19 heavy (non-hydrogen) atoms. The number of benzene rings is 1. The van der Waals surface area contributed by atoms with Crippen molar-refractivity contribution >= 4 is 17.7 Å². The Morgan fingerprint density at radius 1 is 1.37 bits per heavy atom. The van der Waals surface area contributed by atoms with Crippen molar-refractivity contribution in [2.24, 2.45) is 5.92 Å². The SMILES string of the molecule is O=C(Nc1ccccc1F)C1CCCN(C(=O)O)C1. The van der Waals surface area contributed by atoms with Crippen LogP contribution in [-0.4, -0.2) is 35.1 Å². The van der Waals surface area contributed by atoms with Gasteiger partial charge in [0.15, 0.2) is 0 Å². The van der Waals surface area contributed by atoms with Crippen LogP contribution in [0.4, 0.5) is 14.9 Å². The maximum Gasteiger partial charge on any atom is 0.407 e. The highest BCUT2D eigenvalue weighted by atomic mass is 19.1. The summed E-state index contributed by atoms with van der Waals surface area (Å²) in [5.74, 6) is -1.26. The molecule has 1 aromatic carbocycles. The fourth-order valence-electron chi connectivity index (χ4n) is 2.16. The van der Waals surface area contributed by atoms with Crippen LogP contribution in [0.3, 0.4) is 0 Å². The fourth-order valence-corrected chi connectivity index (χ4v) is 2.16. The summed E-state index contributed by atoms with van der Waals surface area (Å²) in [6, 6.07) is 5.91. The Morgan fingerprint density at radius 2 is 2.11 bits per heavy atom. The minimum absolute atomic E-state index is 0.125.